The Morgan fingerprint density at radius 2 is 2.31 bits per heavy atom. The van der Waals surface area contributed by atoms with Gasteiger partial charge in [-0.05, 0) is 12.1 Å². The summed E-state index contributed by atoms with van der Waals surface area (Å²) in [5.41, 5.74) is 1.33. The summed E-state index contributed by atoms with van der Waals surface area (Å²) in [4.78, 5) is 11.4. The van der Waals surface area contributed by atoms with E-state index in [1.165, 1.54) is 7.11 Å². The predicted molar refractivity (Wildman–Crippen MR) is 50.8 cm³/mol. The minimum absolute atomic E-state index is 0.0129. The minimum atomic E-state index is 0.0129. The molecule has 1 aromatic rings. The molecule has 0 saturated heterocycles. The zero-order chi connectivity index (χ0) is 9.42. The van der Waals surface area contributed by atoms with E-state index in [0.29, 0.717) is 22.9 Å². The summed E-state index contributed by atoms with van der Waals surface area (Å²) < 4.78 is 5.01. The molecule has 3 nitrogen and oxygen atoms in total. The molecule has 1 heterocycles. The van der Waals surface area contributed by atoms with Crippen molar-refractivity contribution in [2.45, 2.75) is 0 Å². The van der Waals surface area contributed by atoms with Crippen molar-refractivity contribution in [1.82, 2.24) is 0 Å². The summed E-state index contributed by atoms with van der Waals surface area (Å²) in [5, 5.41) is 3.35. The van der Waals surface area contributed by atoms with Crippen molar-refractivity contribution in [2.24, 2.45) is 0 Å². The Kier molecular flexibility index (Phi) is 1.88. The SMILES string of the molecule is COc1ccc2c(c1Cl)C(=O)CN2. The maximum atomic E-state index is 11.4. The molecule has 1 N–H and O–H groups in total. The summed E-state index contributed by atoms with van der Waals surface area (Å²) >= 11 is 5.96. The molecule has 1 aliphatic rings. The number of ether oxygens (including phenoxy) is 1. The fraction of sp³-hybridized carbons (Fsp3) is 0.222. The largest absolute Gasteiger partial charge is 0.495 e. The van der Waals surface area contributed by atoms with Gasteiger partial charge in [0.2, 0.25) is 0 Å². The van der Waals surface area contributed by atoms with E-state index in [0.717, 1.165) is 5.69 Å². The number of benzene rings is 1. The van der Waals surface area contributed by atoms with Crippen LogP contribution in [0.15, 0.2) is 12.1 Å². The van der Waals surface area contributed by atoms with Crippen molar-refractivity contribution in [2.75, 3.05) is 19.0 Å². The van der Waals surface area contributed by atoms with Gasteiger partial charge in [0.25, 0.3) is 0 Å². The molecule has 0 fully saturated rings. The van der Waals surface area contributed by atoms with Crippen LogP contribution >= 0.6 is 11.6 Å². The van der Waals surface area contributed by atoms with E-state index in [2.05, 4.69) is 5.32 Å². The Bertz CT molecular complexity index is 376. The lowest BCUT2D eigenvalue weighted by Gasteiger charge is -2.05. The van der Waals surface area contributed by atoms with Gasteiger partial charge in [0, 0.05) is 5.69 Å². The average Bonchev–Trinajstić information content (AvgIpc) is 2.49. The zero-order valence-corrected chi connectivity index (χ0v) is 7.81. The third kappa shape index (κ3) is 1.16. The first-order valence-electron chi connectivity index (χ1n) is 3.87. The molecular weight excluding hydrogens is 190 g/mol. The lowest BCUT2D eigenvalue weighted by Crippen LogP contribution is -2.01. The quantitative estimate of drug-likeness (QED) is 0.748. The molecule has 0 atom stereocenters. The lowest BCUT2D eigenvalue weighted by atomic mass is 10.1. The second-order valence-corrected chi connectivity index (χ2v) is 3.16. The second-order valence-electron chi connectivity index (χ2n) is 2.78. The van der Waals surface area contributed by atoms with Crippen LogP contribution in [0.1, 0.15) is 10.4 Å². The number of hydrogen-bond donors (Lipinski definition) is 1. The number of anilines is 1. The minimum Gasteiger partial charge on any atom is -0.495 e. The van der Waals surface area contributed by atoms with Gasteiger partial charge in [0.15, 0.2) is 5.78 Å². The standard InChI is InChI=1S/C9H8ClNO2/c1-13-7-3-2-5-8(9(7)10)6(12)4-11-5/h2-3,11H,4H2,1H3. The maximum absolute atomic E-state index is 11.4. The van der Waals surface area contributed by atoms with Crippen molar-refractivity contribution >= 4 is 23.1 Å². The normalized spacial score (nSPS) is 13.8. The highest BCUT2D eigenvalue weighted by Crippen LogP contribution is 2.36. The number of hydrogen-bond acceptors (Lipinski definition) is 3. The van der Waals surface area contributed by atoms with E-state index in [1.807, 2.05) is 0 Å². The van der Waals surface area contributed by atoms with E-state index in [-0.39, 0.29) is 5.78 Å². The van der Waals surface area contributed by atoms with Gasteiger partial charge >= 0.3 is 0 Å². The van der Waals surface area contributed by atoms with Crippen LogP contribution in [0, 0.1) is 0 Å². The van der Waals surface area contributed by atoms with E-state index < -0.39 is 0 Å². The lowest BCUT2D eigenvalue weighted by molar-refractivity contribution is 0.101. The summed E-state index contributed by atoms with van der Waals surface area (Å²) in [7, 11) is 1.53. The van der Waals surface area contributed by atoms with Crippen LogP contribution in [0.5, 0.6) is 5.75 Å². The van der Waals surface area contributed by atoms with Crippen LogP contribution in [0.4, 0.5) is 5.69 Å². The molecule has 0 bridgehead atoms. The highest BCUT2D eigenvalue weighted by Gasteiger charge is 2.23. The average molecular weight is 198 g/mol. The molecule has 0 amide bonds. The van der Waals surface area contributed by atoms with Gasteiger partial charge in [-0.2, -0.15) is 0 Å². The van der Waals surface area contributed by atoms with Gasteiger partial charge in [-0.1, -0.05) is 11.6 Å². The third-order valence-electron chi connectivity index (χ3n) is 2.04. The molecule has 0 unspecified atom stereocenters. The number of fused-ring (bicyclic) bond motifs is 1. The van der Waals surface area contributed by atoms with Gasteiger partial charge in [-0.25, -0.2) is 0 Å². The highest BCUT2D eigenvalue weighted by molar-refractivity contribution is 6.37. The van der Waals surface area contributed by atoms with Gasteiger partial charge in [0.1, 0.15) is 5.75 Å². The fourth-order valence-electron chi connectivity index (χ4n) is 1.40. The number of rotatable bonds is 1. The van der Waals surface area contributed by atoms with Crippen LogP contribution in [0.2, 0.25) is 5.02 Å². The number of halogens is 1. The van der Waals surface area contributed by atoms with Crippen molar-refractivity contribution in [3.8, 4) is 5.75 Å². The number of methoxy groups -OCH3 is 1. The Hall–Kier alpha value is -1.22. The number of carbonyl (C=O) groups is 1. The van der Waals surface area contributed by atoms with E-state index >= 15 is 0 Å². The molecule has 0 aliphatic carbocycles. The van der Waals surface area contributed by atoms with Crippen molar-refractivity contribution < 1.29 is 9.53 Å². The Morgan fingerprint density at radius 3 is 3.00 bits per heavy atom. The predicted octanol–water partition coefficient (Wildman–Crippen LogP) is 1.96. The van der Waals surface area contributed by atoms with Gasteiger partial charge < -0.3 is 10.1 Å². The topological polar surface area (TPSA) is 38.3 Å². The van der Waals surface area contributed by atoms with Crippen LogP contribution in [0.25, 0.3) is 0 Å². The van der Waals surface area contributed by atoms with E-state index in [1.54, 1.807) is 12.1 Å². The van der Waals surface area contributed by atoms with E-state index in [9.17, 15) is 4.79 Å². The molecule has 0 aromatic heterocycles. The third-order valence-corrected chi connectivity index (χ3v) is 2.42. The van der Waals surface area contributed by atoms with E-state index in [4.69, 9.17) is 16.3 Å². The molecule has 2 rings (SSSR count). The maximum Gasteiger partial charge on any atom is 0.185 e. The Balaban J connectivity index is 2.63. The van der Waals surface area contributed by atoms with Gasteiger partial charge in [0.05, 0.1) is 24.2 Å². The number of nitrogens with one attached hydrogen (secondary N) is 1. The van der Waals surface area contributed by atoms with Gasteiger partial charge in [-0.15, -0.1) is 0 Å². The van der Waals surface area contributed by atoms with Crippen molar-refractivity contribution in [1.29, 1.82) is 0 Å². The van der Waals surface area contributed by atoms with Crippen LogP contribution in [0.3, 0.4) is 0 Å². The smallest absolute Gasteiger partial charge is 0.185 e. The number of ketones is 1. The summed E-state index contributed by atoms with van der Waals surface area (Å²) in [5.74, 6) is 0.552. The first-order chi connectivity index (χ1) is 6.24. The van der Waals surface area contributed by atoms with Crippen molar-refractivity contribution in [3.05, 3.63) is 22.7 Å². The molecular formula is C9H8ClNO2. The van der Waals surface area contributed by atoms with Crippen LogP contribution in [-0.2, 0) is 0 Å². The Labute approximate surface area is 80.6 Å². The first kappa shape index (κ1) is 8.38. The Morgan fingerprint density at radius 1 is 1.54 bits per heavy atom. The zero-order valence-electron chi connectivity index (χ0n) is 7.06. The second kappa shape index (κ2) is 2.92. The highest BCUT2D eigenvalue weighted by atomic mass is 35.5. The van der Waals surface area contributed by atoms with Crippen molar-refractivity contribution in [3.63, 3.8) is 0 Å². The van der Waals surface area contributed by atoms with Crippen LogP contribution < -0.4 is 10.1 Å². The fourth-order valence-corrected chi connectivity index (χ4v) is 1.75. The molecule has 1 aromatic carbocycles. The number of carbonyl (C=O) groups excluding carboxylic acids is 1. The molecule has 0 radical (unpaired) electrons. The molecule has 13 heavy (non-hydrogen) atoms. The summed E-state index contributed by atoms with van der Waals surface area (Å²) in [6.45, 7) is 0.322. The van der Waals surface area contributed by atoms with Gasteiger partial charge in [-0.3, -0.25) is 4.79 Å². The first-order valence-corrected chi connectivity index (χ1v) is 4.25. The molecule has 1 aliphatic heterocycles. The molecule has 0 spiro atoms. The molecule has 4 heteroatoms. The monoisotopic (exact) mass is 197 g/mol. The number of Topliss-reactive ketones (excluding diaryl/α,β-unsaturated/α-hetero) is 1. The molecule has 0 saturated carbocycles. The van der Waals surface area contributed by atoms with Crippen LogP contribution in [-0.4, -0.2) is 19.4 Å². The summed E-state index contributed by atoms with van der Waals surface area (Å²) in [6, 6.07) is 3.54. The molecule has 68 valence electrons. The summed E-state index contributed by atoms with van der Waals surface area (Å²) in [6.07, 6.45) is 0.